The quantitative estimate of drug-likeness (QED) is 0.373. The van der Waals surface area contributed by atoms with Gasteiger partial charge < -0.3 is 4.74 Å². The van der Waals surface area contributed by atoms with Crippen molar-refractivity contribution in [2.24, 2.45) is 4.99 Å². The second-order valence-corrected chi connectivity index (χ2v) is 6.77. The summed E-state index contributed by atoms with van der Waals surface area (Å²) < 4.78 is 5.25. The van der Waals surface area contributed by atoms with Crippen LogP contribution in [0.15, 0.2) is 100 Å². The number of thioether (sulfide) groups is 1. The number of hydrogen-bond acceptors (Lipinski definition) is 3. The van der Waals surface area contributed by atoms with Crippen molar-refractivity contribution in [3.63, 3.8) is 0 Å². The van der Waals surface area contributed by atoms with E-state index < -0.39 is 0 Å². The molecular weight excluding hydrogens is 338 g/mol. The number of ether oxygens (including phenoxy) is 1. The Labute approximate surface area is 159 Å². The average Bonchev–Trinajstić information content (AvgIpc) is 2.69. The maximum Gasteiger partial charge on any atom is 0.118 e. The van der Waals surface area contributed by atoms with E-state index in [9.17, 15) is 0 Å². The van der Waals surface area contributed by atoms with Gasteiger partial charge in [0.05, 0.1) is 18.5 Å². The molecule has 2 nitrogen and oxygen atoms in total. The molecule has 3 rings (SSSR count). The van der Waals surface area contributed by atoms with E-state index in [0.29, 0.717) is 0 Å². The highest BCUT2D eigenvalue weighted by molar-refractivity contribution is 8.02. The molecule has 0 saturated heterocycles. The van der Waals surface area contributed by atoms with Gasteiger partial charge in [0.25, 0.3) is 0 Å². The van der Waals surface area contributed by atoms with Crippen LogP contribution < -0.4 is 4.74 Å². The molecule has 0 spiro atoms. The second kappa shape index (κ2) is 9.07. The third kappa shape index (κ3) is 5.11. The zero-order valence-electron chi connectivity index (χ0n) is 14.9. The molecule has 130 valence electrons. The maximum absolute atomic E-state index is 5.25. The van der Waals surface area contributed by atoms with Crippen molar-refractivity contribution in [3.05, 3.63) is 101 Å². The molecule has 0 aliphatic rings. The normalized spacial score (nSPS) is 11.7. The van der Waals surface area contributed by atoms with Gasteiger partial charge in [-0.3, -0.25) is 0 Å². The summed E-state index contributed by atoms with van der Waals surface area (Å²) >= 11 is 1.68. The van der Waals surface area contributed by atoms with E-state index in [1.807, 2.05) is 54.6 Å². The van der Waals surface area contributed by atoms with E-state index in [0.717, 1.165) is 22.7 Å². The van der Waals surface area contributed by atoms with Gasteiger partial charge in [0.15, 0.2) is 0 Å². The Morgan fingerprint density at radius 2 is 1.58 bits per heavy atom. The summed E-state index contributed by atoms with van der Waals surface area (Å²) in [4.78, 5) is 6.01. The van der Waals surface area contributed by atoms with Crippen LogP contribution in [0.1, 0.15) is 11.1 Å². The van der Waals surface area contributed by atoms with E-state index in [1.54, 1.807) is 18.9 Å². The van der Waals surface area contributed by atoms with E-state index in [1.165, 1.54) is 10.5 Å². The second-order valence-electron chi connectivity index (χ2n) is 5.79. The fourth-order valence-electron chi connectivity index (χ4n) is 2.40. The van der Waals surface area contributed by atoms with Crippen molar-refractivity contribution < 1.29 is 4.74 Å². The van der Waals surface area contributed by atoms with Crippen molar-refractivity contribution in [1.82, 2.24) is 0 Å². The molecule has 3 heteroatoms. The minimum absolute atomic E-state index is 0.839. The van der Waals surface area contributed by atoms with Crippen LogP contribution in [-0.2, 0) is 0 Å². The van der Waals surface area contributed by atoms with Crippen molar-refractivity contribution in [1.29, 1.82) is 0 Å². The lowest BCUT2D eigenvalue weighted by atomic mass is 10.1. The van der Waals surface area contributed by atoms with E-state index >= 15 is 0 Å². The minimum Gasteiger partial charge on any atom is -0.497 e. The van der Waals surface area contributed by atoms with Crippen LogP contribution in [0.3, 0.4) is 0 Å². The first-order valence-electron chi connectivity index (χ1n) is 8.42. The summed E-state index contributed by atoms with van der Waals surface area (Å²) in [6.07, 6.45) is 2.05. The molecule has 0 unspecified atom stereocenters. The standard InChI is InChI=1S/C23H21NOS/c1-18-8-14-22(15-9-18)26-17-16-23(24-20-6-4-3-5-7-20)19-10-12-21(25-2)13-11-19/h3-17H,1-2H3. The van der Waals surface area contributed by atoms with Crippen molar-refractivity contribution >= 4 is 23.2 Å². The zero-order valence-corrected chi connectivity index (χ0v) is 15.7. The van der Waals surface area contributed by atoms with Crippen LogP contribution in [0.2, 0.25) is 0 Å². The van der Waals surface area contributed by atoms with Crippen LogP contribution in [-0.4, -0.2) is 12.8 Å². The van der Waals surface area contributed by atoms with Crippen molar-refractivity contribution in [2.45, 2.75) is 11.8 Å². The number of aryl methyl sites for hydroxylation is 1. The highest BCUT2D eigenvalue weighted by Gasteiger charge is 2.02. The Morgan fingerprint density at radius 3 is 2.23 bits per heavy atom. The first-order chi connectivity index (χ1) is 12.7. The lowest BCUT2D eigenvalue weighted by Crippen LogP contribution is -1.96. The van der Waals surface area contributed by atoms with E-state index in [4.69, 9.17) is 9.73 Å². The molecule has 0 atom stereocenters. The topological polar surface area (TPSA) is 21.6 Å². The lowest BCUT2D eigenvalue weighted by molar-refractivity contribution is 0.415. The Morgan fingerprint density at radius 1 is 0.885 bits per heavy atom. The molecular formula is C23H21NOS. The number of para-hydroxylation sites is 1. The molecule has 0 aliphatic carbocycles. The predicted molar refractivity (Wildman–Crippen MR) is 112 cm³/mol. The largest absolute Gasteiger partial charge is 0.497 e. The number of hydrogen-bond donors (Lipinski definition) is 0. The van der Waals surface area contributed by atoms with Gasteiger partial charge in [-0.15, -0.1) is 0 Å². The summed E-state index contributed by atoms with van der Waals surface area (Å²) in [7, 11) is 1.67. The monoisotopic (exact) mass is 359 g/mol. The highest BCUT2D eigenvalue weighted by atomic mass is 32.2. The van der Waals surface area contributed by atoms with Gasteiger partial charge in [-0.1, -0.05) is 47.7 Å². The van der Waals surface area contributed by atoms with Crippen LogP contribution in [0.25, 0.3) is 0 Å². The molecule has 0 heterocycles. The van der Waals surface area contributed by atoms with E-state index in [-0.39, 0.29) is 0 Å². The molecule has 3 aromatic rings. The fraction of sp³-hybridized carbons (Fsp3) is 0.0870. The predicted octanol–water partition coefficient (Wildman–Crippen LogP) is 6.43. The Hall–Kier alpha value is -2.78. The van der Waals surface area contributed by atoms with Crippen LogP contribution in [0, 0.1) is 6.92 Å². The SMILES string of the molecule is COc1ccc(C(C=CSc2ccc(C)cc2)=Nc2ccccc2)cc1. The van der Waals surface area contributed by atoms with Gasteiger partial charge >= 0.3 is 0 Å². The minimum atomic E-state index is 0.839. The van der Waals surface area contributed by atoms with Crippen molar-refractivity contribution in [3.8, 4) is 5.75 Å². The molecule has 0 aromatic heterocycles. The van der Waals surface area contributed by atoms with Gasteiger partial charge in [-0.2, -0.15) is 0 Å². The Bertz CT molecular complexity index is 882. The van der Waals surface area contributed by atoms with Crippen LogP contribution in [0.4, 0.5) is 5.69 Å². The third-order valence-electron chi connectivity index (χ3n) is 3.84. The number of nitrogens with zero attached hydrogens (tertiary/aromatic N) is 1. The summed E-state index contributed by atoms with van der Waals surface area (Å²) in [6, 6.07) is 26.5. The molecule has 0 aliphatic heterocycles. The average molecular weight is 359 g/mol. The first kappa shape index (κ1) is 18.0. The summed E-state index contributed by atoms with van der Waals surface area (Å²) in [5, 5.41) is 2.08. The maximum atomic E-state index is 5.25. The number of aliphatic imine (C=N–C) groups is 1. The van der Waals surface area contributed by atoms with Crippen LogP contribution in [0.5, 0.6) is 5.75 Å². The highest BCUT2D eigenvalue weighted by Crippen LogP contribution is 2.21. The van der Waals surface area contributed by atoms with Gasteiger partial charge in [-0.05, 0) is 66.9 Å². The molecule has 0 saturated carbocycles. The summed E-state index contributed by atoms with van der Waals surface area (Å²) in [5.41, 5.74) is 4.17. The van der Waals surface area contributed by atoms with Gasteiger partial charge in [-0.25, -0.2) is 4.99 Å². The molecule has 0 bridgehead atoms. The number of methoxy groups -OCH3 is 1. The zero-order chi connectivity index (χ0) is 18.2. The van der Waals surface area contributed by atoms with Gasteiger partial charge in [0.2, 0.25) is 0 Å². The Balaban J connectivity index is 1.85. The molecule has 3 aromatic carbocycles. The Kier molecular flexibility index (Phi) is 6.29. The van der Waals surface area contributed by atoms with Gasteiger partial charge in [0, 0.05) is 10.5 Å². The van der Waals surface area contributed by atoms with Crippen LogP contribution >= 0.6 is 11.8 Å². The molecule has 0 amide bonds. The number of benzene rings is 3. The molecule has 26 heavy (non-hydrogen) atoms. The first-order valence-corrected chi connectivity index (χ1v) is 9.30. The summed E-state index contributed by atoms with van der Waals surface area (Å²) in [6.45, 7) is 2.10. The molecule has 0 N–H and O–H groups in total. The van der Waals surface area contributed by atoms with Crippen molar-refractivity contribution in [2.75, 3.05) is 7.11 Å². The lowest BCUT2D eigenvalue weighted by Gasteiger charge is -2.05. The number of rotatable bonds is 6. The smallest absolute Gasteiger partial charge is 0.118 e. The van der Waals surface area contributed by atoms with E-state index in [2.05, 4.69) is 42.7 Å². The van der Waals surface area contributed by atoms with Gasteiger partial charge in [0.1, 0.15) is 5.75 Å². The molecule has 0 radical (unpaired) electrons. The third-order valence-corrected chi connectivity index (χ3v) is 4.66. The molecule has 0 fully saturated rings. The summed E-state index contributed by atoms with van der Waals surface area (Å²) in [5.74, 6) is 0.839. The number of allylic oxidation sites excluding steroid dienone is 1. The fourth-order valence-corrected chi connectivity index (χ4v) is 3.04.